The van der Waals surface area contributed by atoms with Gasteiger partial charge in [0.1, 0.15) is 17.4 Å². The molecule has 0 aliphatic heterocycles. The summed E-state index contributed by atoms with van der Waals surface area (Å²) in [6.07, 6.45) is 0. The average Bonchev–Trinajstić information content (AvgIpc) is 2.97. The number of amides is 2. The zero-order valence-electron chi connectivity index (χ0n) is 21.5. The lowest BCUT2D eigenvalue weighted by molar-refractivity contribution is 0.185. The molecule has 0 saturated heterocycles. The minimum absolute atomic E-state index is 0.0568. The Hall–Kier alpha value is -4.98. The van der Waals surface area contributed by atoms with E-state index in [1.54, 1.807) is 55.5 Å². The largest absolute Gasteiger partial charge is 0.495 e. The molecular formula is C31H27FN4O3. The van der Waals surface area contributed by atoms with Crippen LogP contribution in [0.25, 0.3) is 16.6 Å². The Morgan fingerprint density at radius 3 is 2.38 bits per heavy atom. The van der Waals surface area contributed by atoms with E-state index in [1.165, 1.54) is 28.7 Å². The van der Waals surface area contributed by atoms with Crippen LogP contribution in [-0.4, -0.2) is 27.6 Å². The molecule has 0 spiro atoms. The molecule has 196 valence electrons. The molecule has 0 fully saturated rings. The summed E-state index contributed by atoms with van der Waals surface area (Å²) in [6, 6.07) is 28.4. The summed E-state index contributed by atoms with van der Waals surface area (Å²) in [6.45, 7) is 1.99. The molecule has 0 radical (unpaired) electrons. The fourth-order valence-electron chi connectivity index (χ4n) is 4.53. The van der Waals surface area contributed by atoms with Crippen molar-refractivity contribution in [2.24, 2.45) is 0 Å². The smallest absolute Gasteiger partial charge is 0.322 e. The highest BCUT2D eigenvalue weighted by Crippen LogP contribution is 2.29. The van der Waals surface area contributed by atoms with Crippen LogP contribution in [0.2, 0.25) is 0 Å². The van der Waals surface area contributed by atoms with E-state index in [1.807, 2.05) is 42.5 Å². The third-order valence-electron chi connectivity index (χ3n) is 6.54. The van der Waals surface area contributed by atoms with Gasteiger partial charge in [0.15, 0.2) is 0 Å². The second kappa shape index (κ2) is 11.2. The third-order valence-corrected chi connectivity index (χ3v) is 6.54. The van der Waals surface area contributed by atoms with Gasteiger partial charge in [-0.25, -0.2) is 14.2 Å². The summed E-state index contributed by atoms with van der Waals surface area (Å²) < 4.78 is 21.5. The Morgan fingerprint density at radius 1 is 0.949 bits per heavy atom. The molecule has 0 saturated carbocycles. The van der Waals surface area contributed by atoms with Gasteiger partial charge in [0.05, 0.1) is 35.4 Å². The van der Waals surface area contributed by atoms with Crippen molar-refractivity contribution in [2.45, 2.75) is 19.5 Å². The van der Waals surface area contributed by atoms with Crippen molar-refractivity contribution in [1.29, 1.82) is 0 Å². The van der Waals surface area contributed by atoms with Crippen molar-refractivity contribution in [1.82, 2.24) is 14.5 Å². The molecule has 1 aromatic heterocycles. The molecule has 5 rings (SSSR count). The Morgan fingerprint density at radius 2 is 1.62 bits per heavy atom. The van der Waals surface area contributed by atoms with Crippen molar-refractivity contribution in [3.8, 4) is 11.4 Å². The van der Waals surface area contributed by atoms with E-state index in [4.69, 9.17) is 9.72 Å². The van der Waals surface area contributed by atoms with Crippen LogP contribution in [-0.2, 0) is 6.54 Å². The number of rotatable bonds is 7. The van der Waals surface area contributed by atoms with E-state index in [0.29, 0.717) is 28.2 Å². The highest BCUT2D eigenvalue weighted by molar-refractivity contribution is 5.89. The van der Waals surface area contributed by atoms with Crippen LogP contribution in [0, 0.1) is 5.82 Å². The number of nitrogens with one attached hydrogen (secondary N) is 1. The van der Waals surface area contributed by atoms with Crippen molar-refractivity contribution in [3.05, 3.63) is 131 Å². The van der Waals surface area contributed by atoms with Crippen LogP contribution in [0.4, 0.5) is 14.9 Å². The first-order chi connectivity index (χ1) is 19.0. The first-order valence-corrected chi connectivity index (χ1v) is 12.5. The van der Waals surface area contributed by atoms with Gasteiger partial charge in [-0.05, 0) is 48.9 Å². The highest BCUT2D eigenvalue weighted by atomic mass is 19.1. The molecule has 1 atom stereocenters. The lowest BCUT2D eigenvalue weighted by atomic mass is 10.1. The Labute approximate surface area is 225 Å². The number of ether oxygens (including phenoxy) is 1. The predicted octanol–water partition coefficient (Wildman–Crippen LogP) is 6.33. The second-order valence-corrected chi connectivity index (χ2v) is 9.00. The monoisotopic (exact) mass is 522 g/mol. The first-order valence-electron chi connectivity index (χ1n) is 12.5. The minimum atomic E-state index is -0.709. The van der Waals surface area contributed by atoms with Crippen molar-refractivity contribution in [3.63, 3.8) is 0 Å². The van der Waals surface area contributed by atoms with E-state index >= 15 is 0 Å². The molecule has 4 aromatic carbocycles. The number of urea groups is 1. The zero-order chi connectivity index (χ0) is 27.4. The topological polar surface area (TPSA) is 76.5 Å². The summed E-state index contributed by atoms with van der Waals surface area (Å²) in [4.78, 5) is 34.0. The van der Waals surface area contributed by atoms with Gasteiger partial charge in [0, 0.05) is 6.54 Å². The Kier molecular flexibility index (Phi) is 7.36. The molecular weight excluding hydrogens is 495 g/mol. The standard InChI is InChI=1S/C31H27FN4O3/c1-21(35(20-22-12-4-3-5-13-22)31(38)34-26-17-9-7-15-24(26)32)29-33-25-16-8-6-14-23(25)30(37)36(29)27-18-10-11-19-28(27)39-2/h3-19,21H,20H2,1-2H3,(H,34,38). The number of carbonyl (C=O) groups excluding carboxylic acids is 1. The first kappa shape index (κ1) is 25.7. The molecule has 5 aromatic rings. The maximum atomic E-state index is 14.5. The van der Waals surface area contributed by atoms with Gasteiger partial charge in [-0.1, -0.05) is 66.7 Å². The summed E-state index contributed by atoms with van der Waals surface area (Å²) in [5.74, 6) is 0.270. The number of fused-ring (bicyclic) bond motifs is 1. The average molecular weight is 523 g/mol. The number of anilines is 1. The molecule has 2 amide bonds. The lowest BCUT2D eigenvalue weighted by Gasteiger charge is -2.31. The van der Waals surface area contributed by atoms with Crippen LogP contribution in [0.5, 0.6) is 5.75 Å². The van der Waals surface area contributed by atoms with E-state index in [2.05, 4.69) is 5.32 Å². The normalized spacial score (nSPS) is 11.7. The third kappa shape index (κ3) is 5.22. The van der Waals surface area contributed by atoms with E-state index < -0.39 is 17.9 Å². The van der Waals surface area contributed by atoms with Crippen LogP contribution in [0.1, 0.15) is 24.4 Å². The summed E-state index contributed by atoms with van der Waals surface area (Å²) in [7, 11) is 1.53. The number of halogens is 1. The number of methoxy groups -OCH3 is 1. The predicted molar refractivity (Wildman–Crippen MR) is 150 cm³/mol. The van der Waals surface area contributed by atoms with Gasteiger partial charge in [-0.2, -0.15) is 0 Å². The molecule has 1 heterocycles. The number of hydrogen-bond donors (Lipinski definition) is 1. The molecule has 8 heteroatoms. The highest BCUT2D eigenvalue weighted by Gasteiger charge is 2.28. The number of carbonyl (C=O) groups is 1. The SMILES string of the molecule is COc1ccccc1-n1c(C(C)N(Cc2ccccc2)C(=O)Nc2ccccc2F)nc2ccccc2c1=O. The molecule has 1 N–H and O–H groups in total. The zero-order valence-corrected chi connectivity index (χ0v) is 21.5. The van der Waals surface area contributed by atoms with Gasteiger partial charge >= 0.3 is 6.03 Å². The van der Waals surface area contributed by atoms with E-state index in [9.17, 15) is 14.0 Å². The number of benzene rings is 4. The van der Waals surface area contributed by atoms with Crippen LogP contribution in [0.3, 0.4) is 0 Å². The van der Waals surface area contributed by atoms with Crippen molar-refractivity contribution in [2.75, 3.05) is 12.4 Å². The van der Waals surface area contributed by atoms with Gasteiger partial charge in [-0.3, -0.25) is 9.36 Å². The maximum absolute atomic E-state index is 14.5. The molecule has 0 aliphatic rings. The van der Waals surface area contributed by atoms with Crippen molar-refractivity contribution >= 4 is 22.6 Å². The molecule has 39 heavy (non-hydrogen) atoms. The van der Waals surface area contributed by atoms with Gasteiger partial charge in [-0.15, -0.1) is 0 Å². The van der Waals surface area contributed by atoms with Crippen LogP contribution in [0.15, 0.2) is 108 Å². The fourth-order valence-corrected chi connectivity index (χ4v) is 4.53. The summed E-state index contributed by atoms with van der Waals surface area (Å²) >= 11 is 0. The Balaban J connectivity index is 1.68. The van der Waals surface area contributed by atoms with E-state index in [0.717, 1.165) is 5.56 Å². The van der Waals surface area contributed by atoms with Gasteiger partial charge in [0.2, 0.25) is 0 Å². The fraction of sp³-hybridized carbons (Fsp3) is 0.129. The molecule has 0 aliphatic carbocycles. The molecule has 7 nitrogen and oxygen atoms in total. The van der Waals surface area contributed by atoms with Crippen LogP contribution >= 0.6 is 0 Å². The van der Waals surface area contributed by atoms with Gasteiger partial charge in [0.25, 0.3) is 5.56 Å². The Bertz CT molecular complexity index is 1690. The number of para-hydroxylation sites is 4. The summed E-state index contributed by atoms with van der Waals surface area (Å²) in [5, 5.41) is 3.12. The second-order valence-electron chi connectivity index (χ2n) is 9.00. The molecule has 1 unspecified atom stereocenters. The lowest BCUT2D eigenvalue weighted by Crippen LogP contribution is -2.39. The number of aromatic nitrogens is 2. The number of nitrogens with zero attached hydrogens (tertiary/aromatic N) is 3. The quantitative estimate of drug-likeness (QED) is 0.271. The van der Waals surface area contributed by atoms with Crippen molar-refractivity contribution < 1.29 is 13.9 Å². The van der Waals surface area contributed by atoms with E-state index in [-0.39, 0.29) is 17.8 Å². The molecule has 0 bridgehead atoms. The number of hydrogen-bond acceptors (Lipinski definition) is 4. The van der Waals surface area contributed by atoms with Gasteiger partial charge < -0.3 is 15.0 Å². The summed E-state index contributed by atoms with van der Waals surface area (Å²) in [5.41, 5.74) is 1.63. The minimum Gasteiger partial charge on any atom is -0.495 e. The maximum Gasteiger partial charge on any atom is 0.322 e. The van der Waals surface area contributed by atoms with Crippen LogP contribution < -0.4 is 15.6 Å².